The van der Waals surface area contributed by atoms with E-state index in [1.54, 1.807) is 17.0 Å². The summed E-state index contributed by atoms with van der Waals surface area (Å²) in [5.41, 5.74) is 1.25. The minimum absolute atomic E-state index is 0.198. The third-order valence-corrected chi connectivity index (χ3v) is 5.83. The summed E-state index contributed by atoms with van der Waals surface area (Å²) in [5, 5.41) is 0. The number of ether oxygens (including phenoxy) is 1. The van der Waals surface area contributed by atoms with Crippen molar-refractivity contribution >= 4 is 17.8 Å². The molecule has 8 nitrogen and oxygen atoms in total. The van der Waals surface area contributed by atoms with Crippen molar-refractivity contribution in [3.05, 3.63) is 60.1 Å². The Balaban J connectivity index is 1.22. The van der Waals surface area contributed by atoms with E-state index in [1.165, 1.54) is 16.7 Å². The van der Waals surface area contributed by atoms with Crippen molar-refractivity contribution in [1.29, 1.82) is 0 Å². The average molecular weight is 425 g/mol. The van der Waals surface area contributed by atoms with Crippen LogP contribution in [0.5, 0.6) is 0 Å². The summed E-state index contributed by atoms with van der Waals surface area (Å²) >= 11 is 0. The lowest BCUT2D eigenvalue weighted by Gasteiger charge is -2.34. The van der Waals surface area contributed by atoms with E-state index >= 15 is 0 Å². The van der Waals surface area contributed by atoms with Crippen LogP contribution in [0.1, 0.15) is 29.0 Å². The molecular formula is C23H27N3O5. The highest BCUT2D eigenvalue weighted by Gasteiger charge is 2.37. The summed E-state index contributed by atoms with van der Waals surface area (Å²) in [6.07, 6.45) is 2.66. The number of carbonyl (C=O) groups excluding carboxylic acids is 3. The summed E-state index contributed by atoms with van der Waals surface area (Å²) in [7, 11) is 0. The van der Waals surface area contributed by atoms with Gasteiger partial charge in [-0.1, -0.05) is 30.3 Å². The van der Waals surface area contributed by atoms with Gasteiger partial charge < -0.3 is 19.0 Å². The molecule has 2 saturated heterocycles. The van der Waals surface area contributed by atoms with Crippen LogP contribution in [0.2, 0.25) is 0 Å². The SMILES string of the molecule is O=C(OCC(=O)N1CCN(Cc2ccccc2)CC1)[C@@H]1CCCN1C(=O)c1ccco1. The van der Waals surface area contributed by atoms with Gasteiger partial charge in [-0.25, -0.2) is 4.79 Å². The molecule has 8 heteroatoms. The van der Waals surface area contributed by atoms with Crippen molar-refractivity contribution in [2.24, 2.45) is 0 Å². The first-order valence-corrected chi connectivity index (χ1v) is 10.7. The van der Waals surface area contributed by atoms with Gasteiger partial charge in [0.1, 0.15) is 6.04 Å². The van der Waals surface area contributed by atoms with E-state index < -0.39 is 12.0 Å². The lowest BCUT2D eigenvalue weighted by molar-refractivity contribution is -0.155. The van der Waals surface area contributed by atoms with Gasteiger partial charge in [-0.15, -0.1) is 0 Å². The molecule has 31 heavy (non-hydrogen) atoms. The molecule has 0 aliphatic carbocycles. The van der Waals surface area contributed by atoms with Crippen LogP contribution >= 0.6 is 0 Å². The van der Waals surface area contributed by atoms with Gasteiger partial charge in [-0.05, 0) is 30.5 Å². The summed E-state index contributed by atoms with van der Waals surface area (Å²) in [4.78, 5) is 43.1. The van der Waals surface area contributed by atoms with Gasteiger partial charge in [0.15, 0.2) is 12.4 Å². The van der Waals surface area contributed by atoms with Crippen LogP contribution in [0, 0.1) is 0 Å². The monoisotopic (exact) mass is 425 g/mol. The van der Waals surface area contributed by atoms with Crippen LogP contribution in [0.3, 0.4) is 0 Å². The first kappa shape index (κ1) is 21.1. The van der Waals surface area contributed by atoms with Gasteiger partial charge in [-0.3, -0.25) is 14.5 Å². The zero-order valence-corrected chi connectivity index (χ0v) is 17.4. The fourth-order valence-electron chi connectivity index (χ4n) is 4.11. The molecule has 4 rings (SSSR count). The molecule has 1 aromatic carbocycles. The lowest BCUT2D eigenvalue weighted by atomic mass is 10.2. The molecular weight excluding hydrogens is 398 g/mol. The van der Waals surface area contributed by atoms with Gasteiger partial charge in [0, 0.05) is 39.3 Å². The molecule has 0 N–H and O–H groups in total. The molecule has 0 bridgehead atoms. The number of hydrogen-bond donors (Lipinski definition) is 0. The Morgan fingerprint density at radius 1 is 0.968 bits per heavy atom. The number of rotatable bonds is 6. The molecule has 2 fully saturated rings. The fourth-order valence-corrected chi connectivity index (χ4v) is 4.11. The fraction of sp³-hybridized carbons (Fsp3) is 0.435. The Morgan fingerprint density at radius 3 is 2.45 bits per heavy atom. The molecule has 3 heterocycles. The minimum atomic E-state index is -0.673. The van der Waals surface area contributed by atoms with Gasteiger partial charge >= 0.3 is 5.97 Å². The van der Waals surface area contributed by atoms with Gasteiger partial charge in [0.25, 0.3) is 11.8 Å². The Hall–Kier alpha value is -3.13. The van der Waals surface area contributed by atoms with Crippen LogP contribution in [0.25, 0.3) is 0 Å². The third kappa shape index (κ3) is 5.14. The zero-order valence-electron chi connectivity index (χ0n) is 17.4. The number of piperazine rings is 1. The van der Waals surface area contributed by atoms with E-state index in [1.807, 2.05) is 18.2 Å². The lowest BCUT2D eigenvalue weighted by Crippen LogP contribution is -2.49. The van der Waals surface area contributed by atoms with Crippen LogP contribution in [-0.4, -0.2) is 77.9 Å². The maximum Gasteiger partial charge on any atom is 0.329 e. The first-order valence-electron chi connectivity index (χ1n) is 10.7. The quantitative estimate of drug-likeness (QED) is 0.656. The normalized spacial score (nSPS) is 19.4. The third-order valence-electron chi connectivity index (χ3n) is 5.83. The number of hydrogen-bond acceptors (Lipinski definition) is 6. The average Bonchev–Trinajstić information content (AvgIpc) is 3.50. The molecule has 1 atom stereocenters. The molecule has 0 radical (unpaired) electrons. The van der Waals surface area contributed by atoms with Crippen molar-refractivity contribution in [3.8, 4) is 0 Å². The Labute approximate surface area is 181 Å². The van der Waals surface area contributed by atoms with E-state index in [2.05, 4.69) is 17.0 Å². The maximum absolute atomic E-state index is 12.5. The number of likely N-dealkylation sites (tertiary alicyclic amines) is 1. The van der Waals surface area contributed by atoms with Crippen LogP contribution in [-0.2, 0) is 20.9 Å². The number of benzene rings is 1. The van der Waals surface area contributed by atoms with Crippen molar-refractivity contribution in [2.75, 3.05) is 39.3 Å². The van der Waals surface area contributed by atoms with Crippen LogP contribution < -0.4 is 0 Å². The van der Waals surface area contributed by atoms with Gasteiger partial charge in [0.2, 0.25) is 0 Å². The van der Waals surface area contributed by atoms with Crippen molar-refractivity contribution < 1.29 is 23.5 Å². The highest BCUT2D eigenvalue weighted by Crippen LogP contribution is 2.21. The van der Waals surface area contributed by atoms with Gasteiger partial charge in [-0.2, -0.15) is 0 Å². The van der Waals surface area contributed by atoms with E-state index in [-0.39, 0.29) is 24.2 Å². The standard InChI is InChI=1S/C23H27N3O5/c27-21(25-13-11-24(12-14-25)16-18-6-2-1-3-7-18)17-31-23(29)19-8-4-10-26(19)22(28)20-9-5-15-30-20/h1-3,5-7,9,15,19H,4,8,10-14,16-17H2/t19-/m0/s1. The zero-order chi connectivity index (χ0) is 21.6. The van der Waals surface area contributed by atoms with Crippen molar-refractivity contribution in [2.45, 2.75) is 25.4 Å². The van der Waals surface area contributed by atoms with Crippen molar-refractivity contribution in [1.82, 2.24) is 14.7 Å². The molecule has 0 saturated carbocycles. The highest BCUT2D eigenvalue weighted by molar-refractivity contribution is 5.95. The summed E-state index contributed by atoms with van der Waals surface area (Å²) < 4.78 is 10.4. The summed E-state index contributed by atoms with van der Waals surface area (Å²) in [6.45, 7) is 3.81. The second-order valence-electron chi connectivity index (χ2n) is 7.88. The minimum Gasteiger partial charge on any atom is -0.459 e. The molecule has 1 aromatic heterocycles. The second kappa shape index (κ2) is 9.78. The number of carbonyl (C=O) groups is 3. The van der Waals surface area contributed by atoms with Crippen LogP contribution in [0.15, 0.2) is 53.1 Å². The summed E-state index contributed by atoms with van der Waals surface area (Å²) in [6, 6.07) is 12.8. The van der Waals surface area contributed by atoms with E-state index in [9.17, 15) is 14.4 Å². The smallest absolute Gasteiger partial charge is 0.329 e. The Kier molecular flexibility index (Phi) is 6.66. The predicted molar refractivity (Wildman–Crippen MR) is 112 cm³/mol. The Bertz CT molecular complexity index is 891. The van der Waals surface area contributed by atoms with Gasteiger partial charge in [0.05, 0.1) is 6.26 Å². The summed E-state index contributed by atoms with van der Waals surface area (Å²) in [5.74, 6) is -0.863. The topological polar surface area (TPSA) is 83.3 Å². The van der Waals surface area contributed by atoms with E-state index in [0.717, 1.165) is 19.6 Å². The number of furan rings is 1. The highest BCUT2D eigenvalue weighted by atomic mass is 16.5. The molecule has 2 aliphatic rings. The number of nitrogens with zero attached hydrogens (tertiary/aromatic N) is 3. The molecule has 2 amide bonds. The van der Waals surface area contributed by atoms with E-state index in [0.29, 0.717) is 32.5 Å². The Morgan fingerprint density at radius 2 is 1.74 bits per heavy atom. The van der Waals surface area contributed by atoms with E-state index in [4.69, 9.17) is 9.15 Å². The first-order chi connectivity index (χ1) is 15.1. The number of amides is 2. The van der Waals surface area contributed by atoms with Crippen molar-refractivity contribution in [3.63, 3.8) is 0 Å². The predicted octanol–water partition coefficient (Wildman–Crippen LogP) is 1.77. The maximum atomic E-state index is 12.5. The molecule has 2 aromatic rings. The second-order valence-corrected chi connectivity index (χ2v) is 7.88. The molecule has 0 spiro atoms. The van der Waals surface area contributed by atoms with Crippen LogP contribution in [0.4, 0.5) is 0 Å². The largest absolute Gasteiger partial charge is 0.459 e. The molecule has 164 valence electrons. The molecule has 0 unspecified atom stereocenters. The molecule has 2 aliphatic heterocycles. The number of esters is 1.